The Labute approximate surface area is 260 Å². The molecule has 2 heteroatoms. The molecule has 0 heterocycles. The molecular weight excluding hydrogens is 532 g/mol. The lowest BCUT2D eigenvalue weighted by atomic mass is 9.93. The van der Waals surface area contributed by atoms with Gasteiger partial charge in [0, 0.05) is 17.0 Å². The summed E-state index contributed by atoms with van der Waals surface area (Å²) >= 11 is 0. The molecule has 0 atom stereocenters. The summed E-state index contributed by atoms with van der Waals surface area (Å²) in [6, 6.07) is 54.4. The number of benzene rings is 6. The van der Waals surface area contributed by atoms with Crippen LogP contribution in [0.15, 0.2) is 175 Å². The standard InChI is InChI=1S/C42H34N2/c1-30(38-27-39(33-12-6-3-7-13-33)29-40(28-38)34-14-8-4-9-15-34)26-42(37-16-10-5-11-17-37)44-31(2)32-18-20-35(21-19-32)36-22-24-41(43)25-23-36/h3-29H,1,43H2,2H3/b42-26-,44-31?. The van der Waals surface area contributed by atoms with E-state index in [0.717, 1.165) is 61.6 Å². The van der Waals surface area contributed by atoms with E-state index in [0.29, 0.717) is 0 Å². The summed E-state index contributed by atoms with van der Waals surface area (Å²) in [7, 11) is 0. The lowest BCUT2D eigenvalue weighted by Crippen LogP contribution is -1.96. The number of nitrogen functional groups attached to an aromatic ring is 1. The summed E-state index contributed by atoms with van der Waals surface area (Å²) in [6.45, 7) is 6.59. The normalized spacial score (nSPS) is 11.8. The highest BCUT2D eigenvalue weighted by Crippen LogP contribution is 2.32. The number of hydrogen-bond donors (Lipinski definition) is 1. The highest BCUT2D eigenvalue weighted by molar-refractivity contribution is 6.03. The molecule has 6 aromatic rings. The summed E-state index contributed by atoms with van der Waals surface area (Å²) < 4.78 is 0. The van der Waals surface area contributed by atoms with Gasteiger partial charge >= 0.3 is 0 Å². The van der Waals surface area contributed by atoms with Gasteiger partial charge in [0.25, 0.3) is 0 Å². The third-order valence-corrected chi connectivity index (χ3v) is 7.73. The van der Waals surface area contributed by atoms with Gasteiger partial charge in [0.05, 0.1) is 5.70 Å². The van der Waals surface area contributed by atoms with E-state index in [-0.39, 0.29) is 0 Å². The minimum Gasteiger partial charge on any atom is -0.399 e. The van der Waals surface area contributed by atoms with Gasteiger partial charge in [-0.2, -0.15) is 0 Å². The molecular formula is C42H34N2. The monoisotopic (exact) mass is 566 g/mol. The van der Waals surface area contributed by atoms with Crippen molar-refractivity contribution in [1.29, 1.82) is 0 Å². The minimum absolute atomic E-state index is 0.762. The summed E-state index contributed by atoms with van der Waals surface area (Å²) in [4.78, 5) is 5.16. The van der Waals surface area contributed by atoms with E-state index in [1.807, 2.05) is 54.6 Å². The Bertz CT molecular complexity index is 1880. The molecule has 0 aliphatic heterocycles. The van der Waals surface area contributed by atoms with Gasteiger partial charge in [0.15, 0.2) is 0 Å². The van der Waals surface area contributed by atoms with Gasteiger partial charge in [-0.1, -0.05) is 134 Å². The SMILES string of the molecule is C=C(/C=C(\N=C(C)c1ccc(-c2ccc(N)cc2)cc1)c1ccccc1)c1cc(-c2ccccc2)cc(-c2ccccc2)c1. The first-order valence-electron chi connectivity index (χ1n) is 14.8. The van der Waals surface area contributed by atoms with Crippen molar-refractivity contribution in [3.63, 3.8) is 0 Å². The maximum absolute atomic E-state index is 5.88. The fraction of sp³-hybridized carbons (Fsp3) is 0.0238. The molecule has 0 amide bonds. The van der Waals surface area contributed by atoms with Gasteiger partial charge in [0.2, 0.25) is 0 Å². The smallest absolute Gasteiger partial charge is 0.0711 e. The van der Waals surface area contributed by atoms with E-state index < -0.39 is 0 Å². The zero-order valence-corrected chi connectivity index (χ0v) is 24.8. The van der Waals surface area contributed by atoms with Gasteiger partial charge in [0.1, 0.15) is 0 Å². The zero-order chi connectivity index (χ0) is 30.3. The van der Waals surface area contributed by atoms with E-state index in [2.05, 4.69) is 123 Å². The molecule has 0 saturated carbocycles. The van der Waals surface area contributed by atoms with Crippen molar-refractivity contribution < 1.29 is 0 Å². The third-order valence-electron chi connectivity index (χ3n) is 7.73. The van der Waals surface area contributed by atoms with Crippen molar-refractivity contribution in [2.24, 2.45) is 4.99 Å². The molecule has 6 aromatic carbocycles. The average Bonchev–Trinajstić information content (AvgIpc) is 3.09. The van der Waals surface area contributed by atoms with Crippen molar-refractivity contribution in [3.05, 3.63) is 187 Å². The molecule has 0 radical (unpaired) electrons. The molecule has 0 unspecified atom stereocenters. The number of rotatable bonds is 8. The van der Waals surface area contributed by atoms with Crippen LogP contribution in [-0.2, 0) is 0 Å². The second-order valence-corrected chi connectivity index (χ2v) is 10.8. The van der Waals surface area contributed by atoms with Gasteiger partial charge in [-0.25, -0.2) is 0 Å². The third kappa shape index (κ3) is 6.67. The van der Waals surface area contributed by atoms with E-state index in [1.54, 1.807) is 0 Å². The molecule has 0 aliphatic rings. The molecule has 0 aliphatic carbocycles. The van der Waals surface area contributed by atoms with Crippen LogP contribution in [0.25, 0.3) is 44.7 Å². The van der Waals surface area contributed by atoms with Crippen LogP contribution in [0.2, 0.25) is 0 Å². The molecule has 6 rings (SSSR count). The fourth-order valence-corrected chi connectivity index (χ4v) is 5.27. The summed E-state index contributed by atoms with van der Waals surface area (Å²) in [6.07, 6.45) is 2.10. The second-order valence-electron chi connectivity index (χ2n) is 10.8. The molecule has 212 valence electrons. The highest BCUT2D eigenvalue weighted by Gasteiger charge is 2.10. The van der Waals surface area contributed by atoms with Crippen LogP contribution in [0.4, 0.5) is 5.69 Å². The largest absolute Gasteiger partial charge is 0.399 e. The molecule has 2 nitrogen and oxygen atoms in total. The fourth-order valence-electron chi connectivity index (χ4n) is 5.27. The Morgan fingerprint density at radius 2 is 0.955 bits per heavy atom. The van der Waals surface area contributed by atoms with E-state index in [9.17, 15) is 0 Å². The average molecular weight is 567 g/mol. The number of anilines is 1. The van der Waals surface area contributed by atoms with E-state index >= 15 is 0 Å². The Kier molecular flexibility index (Phi) is 8.43. The zero-order valence-electron chi connectivity index (χ0n) is 24.8. The molecule has 0 fully saturated rings. The second kappa shape index (κ2) is 13.1. The lowest BCUT2D eigenvalue weighted by molar-refractivity contribution is 1.46. The topological polar surface area (TPSA) is 38.4 Å². The van der Waals surface area contributed by atoms with Crippen molar-refractivity contribution in [3.8, 4) is 33.4 Å². The van der Waals surface area contributed by atoms with Crippen molar-refractivity contribution in [1.82, 2.24) is 0 Å². The number of nitrogens with zero attached hydrogens (tertiary/aromatic N) is 1. The van der Waals surface area contributed by atoms with Crippen LogP contribution in [0, 0.1) is 0 Å². The summed E-state index contributed by atoms with van der Waals surface area (Å²) in [5.41, 5.74) is 19.4. The Balaban J connectivity index is 1.38. The molecule has 0 saturated heterocycles. The molecule has 2 N–H and O–H groups in total. The van der Waals surface area contributed by atoms with Crippen LogP contribution in [0.1, 0.15) is 23.6 Å². The van der Waals surface area contributed by atoms with Gasteiger partial charge in [-0.05, 0) is 93.4 Å². The number of aliphatic imine (C=N–C) groups is 1. The molecule has 44 heavy (non-hydrogen) atoms. The number of allylic oxidation sites excluding steroid dienone is 2. The highest BCUT2D eigenvalue weighted by atomic mass is 14.8. The van der Waals surface area contributed by atoms with Crippen LogP contribution in [0.3, 0.4) is 0 Å². The van der Waals surface area contributed by atoms with Crippen molar-refractivity contribution in [2.45, 2.75) is 6.92 Å². The maximum Gasteiger partial charge on any atom is 0.0711 e. The summed E-state index contributed by atoms with van der Waals surface area (Å²) in [5.74, 6) is 0. The predicted molar refractivity (Wildman–Crippen MR) is 189 cm³/mol. The molecule has 0 bridgehead atoms. The lowest BCUT2D eigenvalue weighted by Gasteiger charge is -2.13. The number of nitrogens with two attached hydrogens (primary N) is 1. The summed E-state index contributed by atoms with van der Waals surface area (Å²) in [5, 5.41) is 0. The van der Waals surface area contributed by atoms with E-state index in [1.165, 1.54) is 11.1 Å². The maximum atomic E-state index is 5.88. The van der Waals surface area contributed by atoms with Crippen LogP contribution >= 0.6 is 0 Å². The van der Waals surface area contributed by atoms with Crippen molar-refractivity contribution >= 4 is 22.7 Å². The first-order valence-corrected chi connectivity index (χ1v) is 14.8. The van der Waals surface area contributed by atoms with Crippen LogP contribution in [0.5, 0.6) is 0 Å². The quantitative estimate of drug-likeness (QED) is 0.111. The van der Waals surface area contributed by atoms with E-state index in [4.69, 9.17) is 10.7 Å². The molecule has 0 aromatic heterocycles. The Morgan fingerprint density at radius 1 is 0.500 bits per heavy atom. The van der Waals surface area contributed by atoms with Crippen LogP contribution in [-0.4, -0.2) is 5.71 Å². The first-order chi connectivity index (χ1) is 21.5. The first kappa shape index (κ1) is 28.4. The molecule has 0 spiro atoms. The van der Waals surface area contributed by atoms with Gasteiger partial charge in [-0.15, -0.1) is 0 Å². The minimum atomic E-state index is 0.762. The van der Waals surface area contributed by atoms with Crippen molar-refractivity contribution in [2.75, 3.05) is 5.73 Å². The van der Waals surface area contributed by atoms with Crippen LogP contribution < -0.4 is 5.73 Å². The Morgan fingerprint density at radius 3 is 1.48 bits per heavy atom. The van der Waals surface area contributed by atoms with Gasteiger partial charge < -0.3 is 5.73 Å². The Hall–Kier alpha value is -5.73. The van der Waals surface area contributed by atoms with Gasteiger partial charge in [-0.3, -0.25) is 4.99 Å². The predicted octanol–water partition coefficient (Wildman–Crippen LogP) is 10.8. The number of hydrogen-bond acceptors (Lipinski definition) is 2.